The fraction of sp³-hybridized carbons (Fsp3) is 0.571. The highest BCUT2D eigenvalue weighted by Crippen LogP contribution is 2.17. The summed E-state index contributed by atoms with van der Waals surface area (Å²) in [4.78, 5) is 16.5. The topological polar surface area (TPSA) is 97.1 Å². The van der Waals surface area contributed by atoms with Gasteiger partial charge in [-0.3, -0.25) is 9.00 Å². The fourth-order valence-corrected chi connectivity index (χ4v) is 2.16. The maximum atomic E-state index is 12.2. The maximum Gasteiger partial charge on any atom is 0.251 e. The molecular weight excluding hydrogens is 288 g/mol. The van der Waals surface area contributed by atoms with Crippen LogP contribution in [0, 0.1) is 0 Å². The first kappa shape index (κ1) is 17.6. The summed E-state index contributed by atoms with van der Waals surface area (Å²) < 4.78 is 11.3. The predicted molar refractivity (Wildman–Crippen MR) is 86.6 cm³/mol. The third-order valence-electron chi connectivity index (χ3n) is 3.25. The Morgan fingerprint density at radius 3 is 2.57 bits per heavy atom. The summed E-state index contributed by atoms with van der Waals surface area (Å²) in [6.07, 6.45) is 2.35. The van der Waals surface area contributed by atoms with E-state index in [0.717, 1.165) is 5.69 Å². The molecule has 21 heavy (non-hydrogen) atoms. The van der Waals surface area contributed by atoms with Gasteiger partial charge in [0.25, 0.3) is 5.91 Å². The Labute approximate surface area is 128 Å². The molecule has 2 unspecified atom stereocenters. The number of carbonyl (C=O) groups is 1. The van der Waals surface area contributed by atoms with Crippen molar-refractivity contribution in [2.45, 2.75) is 38.4 Å². The normalized spacial score (nSPS) is 13.8. The molecule has 0 aromatic carbocycles. The van der Waals surface area contributed by atoms with Gasteiger partial charge in [0.05, 0.1) is 0 Å². The molecule has 1 aromatic heterocycles. The second-order valence-corrected chi connectivity index (χ2v) is 7.12. The van der Waals surface area contributed by atoms with E-state index < -0.39 is 10.8 Å². The van der Waals surface area contributed by atoms with Crippen LogP contribution in [0.15, 0.2) is 12.1 Å². The minimum absolute atomic E-state index is 0.0650. The van der Waals surface area contributed by atoms with Gasteiger partial charge in [-0.25, -0.2) is 10.8 Å². The van der Waals surface area contributed by atoms with E-state index >= 15 is 0 Å². The zero-order valence-electron chi connectivity index (χ0n) is 13.0. The van der Waals surface area contributed by atoms with Gasteiger partial charge in [0.1, 0.15) is 5.82 Å². The quantitative estimate of drug-likeness (QED) is 0.522. The van der Waals surface area contributed by atoms with E-state index in [0.29, 0.717) is 24.3 Å². The summed E-state index contributed by atoms with van der Waals surface area (Å²) in [5.41, 5.74) is 3.80. The average Bonchev–Trinajstić information content (AvgIpc) is 2.46. The predicted octanol–water partition coefficient (Wildman–Crippen LogP) is 1.38. The lowest BCUT2D eigenvalue weighted by Gasteiger charge is -2.12. The van der Waals surface area contributed by atoms with Gasteiger partial charge in [-0.15, -0.1) is 0 Å². The molecule has 0 radical (unpaired) electrons. The van der Waals surface area contributed by atoms with Crippen molar-refractivity contribution in [3.63, 3.8) is 0 Å². The minimum Gasteiger partial charge on any atom is -0.352 e. The van der Waals surface area contributed by atoms with Gasteiger partial charge in [0.15, 0.2) is 0 Å². The molecule has 118 valence electrons. The van der Waals surface area contributed by atoms with Crippen LogP contribution < -0.4 is 16.6 Å². The third kappa shape index (κ3) is 5.43. The molecule has 6 nitrogen and oxygen atoms in total. The van der Waals surface area contributed by atoms with Crippen molar-refractivity contribution in [3.05, 3.63) is 23.4 Å². The van der Waals surface area contributed by atoms with Crippen molar-refractivity contribution in [1.82, 2.24) is 10.3 Å². The number of hydrazine groups is 1. The number of carbonyl (C=O) groups excluding carboxylic acids is 1. The van der Waals surface area contributed by atoms with Gasteiger partial charge < -0.3 is 10.7 Å². The highest BCUT2D eigenvalue weighted by molar-refractivity contribution is 7.84. The van der Waals surface area contributed by atoms with Crippen LogP contribution in [0.4, 0.5) is 5.82 Å². The van der Waals surface area contributed by atoms with Gasteiger partial charge in [0, 0.05) is 40.1 Å². The van der Waals surface area contributed by atoms with Gasteiger partial charge in [-0.05, 0) is 24.5 Å². The molecule has 7 heteroatoms. The molecule has 1 amide bonds. The van der Waals surface area contributed by atoms with Crippen LogP contribution in [0.3, 0.4) is 0 Å². The standard InChI is InChI=1S/C14H24N4O2S/c1-9(2)12-7-11(8-13(17-12)18-15)14(19)16-6-5-10(3)21(4)20/h7-10H,5-6,15H2,1-4H3,(H,16,19)(H,17,18). The number of aromatic nitrogens is 1. The van der Waals surface area contributed by atoms with Crippen molar-refractivity contribution in [2.24, 2.45) is 5.84 Å². The highest BCUT2D eigenvalue weighted by atomic mass is 32.2. The molecular formula is C14H24N4O2S. The van der Waals surface area contributed by atoms with Crippen LogP contribution in [0.2, 0.25) is 0 Å². The van der Waals surface area contributed by atoms with E-state index in [2.05, 4.69) is 15.7 Å². The van der Waals surface area contributed by atoms with E-state index in [1.807, 2.05) is 20.8 Å². The zero-order chi connectivity index (χ0) is 16.0. The van der Waals surface area contributed by atoms with Gasteiger partial charge >= 0.3 is 0 Å². The van der Waals surface area contributed by atoms with Gasteiger partial charge in [-0.1, -0.05) is 20.8 Å². The summed E-state index contributed by atoms with van der Waals surface area (Å²) in [6, 6.07) is 3.38. The van der Waals surface area contributed by atoms with Crippen LogP contribution >= 0.6 is 0 Å². The molecule has 0 aliphatic rings. The number of nitrogen functional groups attached to an aromatic ring is 1. The molecule has 0 spiro atoms. The SMILES string of the molecule is CC(C)c1cc(C(=O)NCCC(C)S(C)=O)cc(NN)n1. The van der Waals surface area contributed by atoms with Crippen LogP contribution in [-0.4, -0.2) is 33.2 Å². The third-order valence-corrected chi connectivity index (χ3v) is 4.62. The lowest BCUT2D eigenvalue weighted by molar-refractivity contribution is 0.0953. The smallest absolute Gasteiger partial charge is 0.251 e. The number of amides is 1. The summed E-state index contributed by atoms with van der Waals surface area (Å²) in [5.74, 6) is 5.88. The second-order valence-electron chi connectivity index (χ2n) is 5.32. The summed E-state index contributed by atoms with van der Waals surface area (Å²) in [5, 5.41) is 2.90. The van der Waals surface area contributed by atoms with Gasteiger partial charge in [-0.2, -0.15) is 0 Å². The molecule has 0 saturated carbocycles. The number of anilines is 1. The zero-order valence-corrected chi connectivity index (χ0v) is 13.8. The monoisotopic (exact) mass is 312 g/mol. The summed E-state index contributed by atoms with van der Waals surface area (Å²) >= 11 is 0. The molecule has 4 N–H and O–H groups in total. The number of hydrogen-bond donors (Lipinski definition) is 3. The first-order valence-electron chi connectivity index (χ1n) is 6.94. The van der Waals surface area contributed by atoms with Crippen LogP contribution in [-0.2, 0) is 10.8 Å². The first-order valence-corrected chi connectivity index (χ1v) is 8.56. The lowest BCUT2D eigenvalue weighted by atomic mass is 10.1. The first-order chi connectivity index (χ1) is 9.85. The molecule has 0 bridgehead atoms. The molecule has 0 aliphatic carbocycles. The average molecular weight is 312 g/mol. The Morgan fingerprint density at radius 1 is 1.38 bits per heavy atom. The van der Waals surface area contributed by atoms with Crippen molar-refractivity contribution in [3.8, 4) is 0 Å². The molecule has 1 rings (SSSR count). The molecule has 1 heterocycles. The number of nitrogens with zero attached hydrogens (tertiary/aromatic N) is 1. The number of nitrogens with one attached hydrogen (secondary N) is 2. The lowest BCUT2D eigenvalue weighted by Crippen LogP contribution is -2.28. The van der Waals surface area contributed by atoms with E-state index in [9.17, 15) is 9.00 Å². The van der Waals surface area contributed by atoms with E-state index in [4.69, 9.17) is 5.84 Å². The number of rotatable bonds is 7. The molecule has 0 saturated heterocycles. The van der Waals surface area contributed by atoms with E-state index in [1.165, 1.54) is 0 Å². The summed E-state index contributed by atoms with van der Waals surface area (Å²) in [6.45, 7) is 6.40. The van der Waals surface area contributed by atoms with Crippen molar-refractivity contribution >= 4 is 22.5 Å². The maximum absolute atomic E-state index is 12.2. The number of nitrogens with two attached hydrogens (primary N) is 1. The summed E-state index contributed by atoms with van der Waals surface area (Å²) in [7, 11) is -0.872. The van der Waals surface area contributed by atoms with E-state index in [-0.39, 0.29) is 17.1 Å². The number of pyridine rings is 1. The molecule has 2 atom stereocenters. The van der Waals surface area contributed by atoms with Gasteiger partial charge in [0.2, 0.25) is 0 Å². The van der Waals surface area contributed by atoms with E-state index in [1.54, 1.807) is 18.4 Å². The Kier molecular flexibility index (Phi) is 6.77. The van der Waals surface area contributed by atoms with Crippen LogP contribution in [0.5, 0.6) is 0 Å². The fourth-order valence-electron chi connectivity index (χ4n) is 1.71. The molecule has 1 aromatic rings. The highest BCUT2D eigenvalue weighted by Gasteiger charge is 2.12. The van der Waals surface area contributed by atoms with Crippen molar-refractivity contribution in [2.75, 3.05) is 18.2 Å². The van der Waals surface area contributed by atoms with Crippen LogP contribution in [0.25, 0.3) is 0 Å². The van der Waals surface area contributed by atoms with Crippen LogP contribution in [0.1, 0.15) is 49.2 Å². The molecule has 0 aliphatic heterocycles. The Bertz CT molecular complexity index is 520. The molecule has 0 fully saturated rings. The number of hydrogen-bond acceptors (Lipinski definition) is 5. The Balaban J connectivity index is 2.73. The Hall–Kier alpha value is -1.47. The minimum atomic E-state index is -0.872. The van der Waals surface area contributed by atoms with Crippen molar-refractivity contribution < 1.29 is 9.00 Å². The Morgan fingerprint density at radius 2 is 2.05 bits per heavy atom. The second kappa shape index (κ2) is 8.09. The largest absolute Gasteiger partial charge is 0.352 e. The van der Waals surface area contributed by atoms with Crippen molar-refractivity contribution in [1.29, 1.82) is 0 Å².